The van der Waals surface area contributed by atoms with Gasteiger partial charge in [0.25, 0.3) is 11.8 Å². The Labute approximate surface area is 342 Å². The Morgan fingerprint density at radius 2 is 1.25 bits per heavy atom. The Kier molecular flexibility index (Phi) is 12.8. The molecule has 1 spiro atoms. The van der Waals surface area contributed by atoms with E-state index in [2.05, 4.69) is 21.3 Å². The van der Waals surface area contributed by atoms with E-state index in [9.17, 15) is 28.8 Å². The first-order chi connectivity index (χ1) is 28.3. The smallest absolute Gasteiger partial charge is 0.340 e. The maximum Gasteiger partial charge on any atom is 0.340 e. The second-order valence-corrected chi connectivity index (χ2v) is 14.8. The number of unbranched alkanes of at least 4 members (excludes halogenated alkanes) is 2. The van der Waals surface area contributed by atoms with Crippen LogP contribution >= 0.6 is 0 Å². The number of esters is 1. The molecule has 59 heavy (non-hydrogen) atoms. The lowest BCUT2D eigenvalue weighted by molar-refractivity contribution is -0.123. The lowest BCUT2D eigenvalue weighted by Crippen LogP contribution is -2.47. The number of anilines is 2. The average molecular weight is 805 g/mol. The van der Waals surface area contributed by atoms with Gasteiger partial charge in [-0.2, -0.15) is 0 Å². The number of carboxylic acid groups (broad SMARTS) is 1. The molecule has 5 N–H and O–H groups in total. The number of hydrogen-bond donors (Lipinski definition) is 5. The van der Waals surface area contributed by atoms with Gasteiger partial charge in [0.05, 0.1) is 11.1 Å². The summed E-state index contributed by atoms with van der Waals surface area (Å²) in [6.45, 7) is 1.02. The maximum absolute atomic E-state index is 13.7. The minimum Gasteiger partial charge on any atom is -0.478 e. The van der Waals surface area contributed by atoms with Gasteiger partial charge >= 0.3 is 11.9 Å². The molecule has 0 saturated heterocycles. The van der Waals surface area contributed by atoms with E-state index in [-0.39, 0.29) is 35.0 Å². The molecule has 2 heterocycles. The molecule has 1 atom stereocenters. The molecule has 0 fully saturated rings. The Morgan fingerprint density at radius 1 is 0.695 bits per heavy atom. The van der Waals surface area contributed by atoms with Crippen molar-refractivity contribution in [2.75, 3.05) is 57.6 Å². The highest BCUT2D eigenvalue weighted by atomic mass is 16.6. The van der Waals surface area contributed by atoms with Gasteiger partial charge in [-0.15, -0.1) is 0 Å². The molecule has 4 aromatic rings. The van der Waals surface area contributed by atoms with Gasteiger partial charge in [0, 0.05) is 99.1 Å². The van der Waals surface area contributed by atoms with Crippen molar-refractivity contribution in [2.24, 2.45) is 0 Å². The van der Waals surface area contributed by atoms with Crippen LogP contribution in [0.15, 0.2) is 78.9 Å². The van der Waals surface area contributed by atoms with Crippen LogP contribution in [0, 0.1) is 0 Å². The van der Waals surface area contributed by atoms with Crippen molar-refractivity contribution in [3.05, 3.63) is 118 Å². The van der Waals surface area contributed by atoms with E-state index in [1.54, 1.807) is 18.2 Å². The number of rotatable bonds is 18. The zero-order valence-electron chi connectivity index (χ0n) is 33.4. The van der Waals surface area contributed by atoms with Gasteiger partial charge in [0.2, 0.25) is 12.3 Å². The second-order valence-electron chi connectivity index (χ2n) is 14.8. The molecule has 15 heteroatoms. The van der Waals surface area contributed by atoms with Gasteiger partial charge in [-0.05, 0) is 92.8 Å². The second kappa shape index (κ2) is 18.1. The van der Waals surface area contributed by atoms with Crippen LogP contribution in [0.2, 0.25) is 0 Å². The van der Waals surface area contributed by atoms with E-state index in [0.717, 1.165) is 11.4 Å². The molecule has 0 aliphatic carbocycles. The minimum atomic E-state index is -1.28. The summed E-state index contributed by atoms with van der Waals surface area (Å²) in [5.41, 5.74) is 3.34. The largest absolute Gasteiger partial charge is 0.478 e. The Hall–Kier alpha value is -6.90. The topological polar surface area (TPSA) is 196 Å². The first kappa shape index (κ1) is 41.7. The number of nitrogens with zero attached hydrogens (tertiary/aromatic N) is 2. The molecule has 15 nitrogen and oxygen atoms in total. The summed E-state index contributed by atoms with van der Waals surface area (Å²) in [6.07, 6.45) is 3.12. The van der Waals surface area contributed by atoms with Gasteiger partial charge in [-0.1, -0.05) is 6.07 Å². The van der Waals surface area contributed by atoms with Gasteiger partial charge in [-0.3, -0.25) is 19.2 Å². The third kappa shape index (κ3) is 8.98. The Balaban J connectivity index is 1.07. The van der Waals surface area contributed by atoms with Crippen molar-refractivity contribution in [3.8, 4) is 11.5 Å². The Morgan fingerprint density at radius 3 is 1.85 bits per heavy atom. The van der Waals surface area contributed by atoms with E-state index in [4.69, 9.17) is 14.6 Å². The fraction of sp³-hybridized carbons (Fsp3) is 0.318. The summed E-state index contributed by atoms with van der Waals surface area (Å²) in [5, 5.41) is 20.2. The summed E-state index contributed by atoms with van der Waals surface area (Å²) in [7, 11) is 7.74. The number of fused-ring (bicyclic) bond motifs is 6. The van der Waals surface area contributed by atoms with Crippen LogP contribution in [0.3, 0.4) is 0 Å². The van der Waals surface area contributed by atoms with Crippen molar-refractivity contribution in [2.45, 2.75) is 43.7 Å². The number of hydrogen-bond acceptors (Lipinski definition) is 10. The number of carbonyl (C=O) groups is 6. The van der Waals surface area contributed by atoms with E-state index < -0.39 is 29.5 Å². The third-order valence-electron chi connectivity index (χ3n) is 10.4. The van der Waals surface area contributed by atoms with Crippen LogP contribution < -0.4 is 35.8 Å². The summed E-state index contributed by atoms with van der Waals surface area (Å²) in [5.74, 6) is -1.83. The highest BCUT2D eigenvalue weighted by Crippen LogP contribution is 2.57. The van der Waals surface area contributed by atoms with Gasteiger partial charge in [-0.25, -0.2) is 9.59 Å². The van der Waals surface area contributed by atoms with Crippen molar-refractivity contribution in [1.82, 2.24) is 21.3 Å². The van der Waals surface area contributed by atoms with E-state index >= 15 is 0 Å². The van der Waals surface area contributed by atoms with E-state index in [1.165, 1.54) is 24.3 Å². The quantitative estimate of drug-likeness (QED) is 0.0543. The SMILES string of the molecule is CN(C)c1ccc2c(c1)Oc1cc(N(C)C)ccc1C21OC(=O)c2cc(C(=O)NCCCCNC(=O)C(CCCCNC=O)NC(=O)c3ccc(C(=O)O)cc3)ccc21. The number of benzene rings is 4. The number of carboxylic acids is 1. The number of ether oxygens (including phenoxy) is 2. The van der Waals surface area contributed by atoms with Crippen LogP contribution in [0.5, 0.6) is 11.5 Å². The molecule has 4 aromatic carbocycles. The summed E-state index contributed by atoms with van der Waals surface area (Å²) in [4.78, 5) is 78.8. The zero-order chi connectivity index (χ0) is 42.3. The molecule has 0 bridgehead atoms. The van der Waals surface area contributed by atoms with Gasteiger partial charge < -0.3 is 45.6 Å². The van der Waals surface area contributed by atoms with Crippen LogP contribution in [-0.4, -0.2) is 95.0 Å². The molecule has 308 valence electrons. The van der Waals surface area contributed by atoms with Crippen LogP contribution in [0.25, 0.3) is 0 Å². The molecule has 2 aliphatic rings. The summed E-state index contributed by atoms with van der Waals surface area (Å²) < 4.78 is 12.8. The maximum atomic E-state index is 13.7. The average Bonchev–Trinajstić information content (AvgIpc) is 3.51. The minimum absolute atomic E-state index is 0.0335. The number of amides is 4. The van der Waals surface area contributed by atoms with E-state index in [0.29, 0.717) is 85.4 Å². The molecule has 6 rings (SSSR count). The standard InChI is InChI=1S/C44H48N6O9/c1-49(2)30-15-18-34-37(24-30)58-38-25-31(50(3)4)16-19-35(38)44(34)33-17-14-29(23-32(33)43(57)59-44)39(52)46-21-7-8-22-47-41(54)36(9-5-6-20-45-26-51)48-40(53)27-10-12-28(13-11-27)42(55)56/h10-19,23-26,36H,5-9,20-22H2,1-4H3,(H,45,51)(H,46,52)(H,47,54)(H,48,53)(H,55,56). The molecule has 0 radical (unpaired) electrons. The Bertz CT molecular complexity index is 2200. The normalized spacial score (nSPS) is 13.4. The highest BCUT2D eigenvalue weighted by Gasteiger charge is 2.53. The molecule has 4 amide bonds. The summed E-state index contributed by atoms with van der Waals surface area (Å²) >= 11 is 0. The van der Waals surface area contributed by atoms with Crippen molar-refractivity contribution >= 4 is 47.4 Å². The van der Waals surface area contributed by atoms with Gasteiger partial charge in [0.1, 0.15) is 17.5 Å². The number of nitrogens with one attached hydrogen (secondary N) is 4. The molecular formula is C44H48N6O9. The monoisotopic (exact) mass is 804 g/mol. The molecule has 2 aliphatic heterocycles. The van der Waals surface area contributed by atoms with E-state index in [1.807, 2.05) is 74.4 Å². The highest BCUT2D eigenvalue weighted by molar-refractivity contribution is 6.02. The zero-order valence-corrected chi connectivity index (χ0v) is 33.4. The molecule has 0 saturated carbocycles. The predicted molar refractivity (Wildman–Crippen MR) is 221 cm³/mol. The van der Waals surface area contributed by atoms with Crippen LogP contribution in [0.4, 0.5) is 11.4 Å². The first-order valence-corrected chi connectivity index (χ1v) is 19.4. The van der Waals surface area contributed by atoms with Crippen LogP contribution in [-0.2, 0) is 19.9 Å². The van der Waals surface area contributed by atoms with Crippen molar-refractivity contribution in [1.29, 1.82) is 0 Å². The lowest BCUT2D eigenvalue weighted by Gasteiger charge is -2.37. The number of carbonyl (C=O) groups excluding carboxylic acids is 5. The number of aromatic carboxylic acids is 1. The molecule has 1 unspecified atom stereocenters. The fourth-order valence-corrected chi connectivity index (χ4v) is 7.20. The van der Waals surface area contributed by atoms with Crippen molar-refractivity contribution in [3.63, 3.8) is 0 Å². The molecular weight excluding hydrogens is 757 g/mol. The van der Waals surface area contributed by atoms with Crippen LogP contribution in [0.1, 0.15) is 90.2 Å². The van der Waals surface area contributed by atoms with Crippen molar-refractivity contribution < 1.29 is 43.3 Å². The third-order valence-corrected chi connectivity index (χ3v) is 10.4. The molecule has 0 aromatic heterocycles. The predicted octanol–water partition coefficient (Wildman–Crippen LogP) is 4.43. The summed E-state index contributed by atoms with van der Waals surface area (Å²) in [6, 6.07) is 21.1. The fourth-order valence-electron chi connectivity index (χ4n) is 7.20. The van der Waals surface area contributed by atoms with Gasteiger partial charge in [0.15, 0.2) is 5.60 Å². The first-order valence-electron chi connectivity index (χ1n) is 19.4. The lowest BCUT2D eigenvalue weighted by atomic mass is 9.77.